The third kappa shape index (κ3) is 3.36. The minimum Gasteiger partial charge on any atom is -0.353 e. The van der Waals surface area contributed by atoms with E-state index in [1.54, 1.807) is 0 Å². The predicted octanol–water partition coefficient (Wildman–Crippen LogP) is 2.91. The van der Waals surface area contributed by atoms with Crippen molar-refractivity contribution < 1.29 is 4.79 Å². The molecule has 2 heterocycles. The van der Waals surface area contributed by atoms with Crippen molar-refractivity contribution in [3.8, 4) is 0 Å². The van der Waals surface area contributed by atoms with Crippen LogP contribution in [0, 0.1) is 6.92 Å². The number of nitrogens with zero attached hydrogens (tertiary/aromatic N) is 3. The minimum atomic E-state index is 0.123. The number of amides is 1. The highest BCUT2D eigenvalue weighted by atomic mass is 16.2. The van der Waals surface area contributed by atoms with E-state index in [-0.39, 0.29) is 5.91 Å². The quantitative estimate of drug-likeness (QED) is 0.875. The molecule has 1 aliphatic heterocycles. The summed E-state index contributed by atoms with van der Waals surface area (Å²) < 4.78 is 0. The Bertz CT molecular complexity index is 676. The van der Waals surface area contributed by atoms with Gasteiger partial charge in [0.1, 0.15) is 5.82 Å². The lowest BCUT2D eigenvalue weighted by atomic mass is 10.1. The van der Waals surface area contributed by atoms with Gasteiger partial charge in [0.05, 0.1) is 0 Å². The lowest BCUT2D eigenvalue weighted by Gasteiger charge is -2.36. The molecule has 1 aromatic carbocycles. The van der Waals surface area contributed by atoms with E-state index in [4.69, 9.17) is 0 Å². The number of pyridine rings is 1. The maximum Gasteiger partial charge on any atom is 0.253 e. The summed E-state index contributed by atoms with van der Waals surface area (Å²) in [6.07, 6.45) is 2.91. The molecule has 23 heavy (non-hydrogen) atoms. The van der Waals surface area contributed by atoms with E-state index in [0.29, 0.717) is 0 Å². The molecule has 0 aliphatic carbocycles. The number of anilines is 1. The minimum absolute atomic E-state index is 0.123. The van der Waals surface area contributed by atoms with Crippen molar-refractivity contribution in [2.24, 2.45) is 0 Å². The fraction of sp³-hybridized carbons (Fsp3) is 0.368. The molecule has 1 aliphatic rings. The van der Waals surface area contributed by atoms with Crippen LogP contribution in [-0.2, 0) is 6.42 Å². The number of hydrogen-bond acceptors (Lipinski definition) is 3. The van der Waals surface area contributed by atoms with Crippen LogP contribution in [0.2, 0.25) is 0 Å². The standard InChI is InChI=1S/C19H23N3O/c1-3-16-13-15(2)14-20-18(16)21-9-11-22(12-10-21)19(23)17-7-5-4-6-8-17/h4-8,13-14H,3,9-12H2,1-2H3. The molecule has 0 unspecified atom stereocenters. The third-order valence-corrected chi connectivity index (χ3v) is 4.35. The second-order valence-corrected chi connectivity index (χ2v) is 5.99. The van der Waals surface area contributed by atoms with E-state index in [1.807, 2.05) is 41.4 Å². The van der Waals surface area contributed by atoms with E-state index in [1.165, 1.54) is 11.1 Å². The Morgan fingerprint density at radius 1 is 1.13 bits per heavy atom. The molecule has 1 fully saturated rings. The first-order valence-electron chi connectivity index (χ1n) is 8.24. The molecule has 3 rings (SSSR count). The molecular weight excluding hydrogens is 286 g/mol. The molecule has 0 radical (unpaired) electrons. The summed E-state index contributed by atoms with van der Waals surface area (Å²) in [4.78, 5) is 21.4. The number of piperazine rings is 1. The summed E-state index contributed by atoms with van der Waals surface area (Å²) in [7, 11) is 0. The van der Waals surface area contributed by atoms with Gasteiger partial charge in [-0.25, -0.2) is 4.98 Å². The number of hydrogen-bond donors (Lipinski definition) is 0. The van der Waals surface area contributed by atoms with E-state index < -0.39 is 0 Å². The van der Waals surface area contributed by atoms with Crippen LogP contribution in [-0.4, -0.2) is 42.0 Å². The van der Waals surface area contributed by atoms with Crippen molar-refractivity contribution in [1.29, 1.82) is 0 Å². The Kier molecular flexibility index (Phi) is 4.60. The van der Waals surface area contributed by atoms with E-state index in [2.05, 4.69) is 29.8 Å². The van der Waals surface area contributed by atoms with Crippen molar-refractivity contribution in [1.82, 2.24) is 9.88 Å². The number of carbonyl (C=O) groups excluding carboxylic acids is 1. The van der Waals surface area contributed by atoms with Crippen molar-refractivity contribution in [3.63, 3.8) is 0 Å². The molecular formula is C19H23N3O. The maximum absolute atomic E-state index is 12.5. The molecule has 1 aromatic heterocycles. The van der Waals surface area contributed by atoms with Gasteiger partial charge in [-0.2, -0.15) is 0 Å². The van der Waals surface area contributed by atoms with Gasteiger partial charge in [-0.1, -0.05) is 31.2 Å². The van der Waals surface area contributed by atoms with Crippen LogP contribution >= 0.6 is 0 Å². The monoisotopic (exact) mass is 309 g/mol. The average Bonchev–Trinajstić information content (AvgIpc) is 2.62. The highest BCUT2D eigenvalue weighted by Crippen LogP contribution is 2.21. The Balaban J connectivity index is 1.68. The summed E-state index contributed by atoms with van der Waals surface area (Å²) in [5.74, 6) is 1.20. The van der Waals surface area contributed by atoms with Crippen LogP contribution in [0.1, 0.15) is 28.4 Å². The first-order chi connectivity index (χ1) is 11.2. The summed E-state index contributed by atoms with van der Waals surface area (Å²) in [5.41, 5.74) is 3.25. The molecule has 0 bridgehead atoms. The van der Waals surface area contributed by atoms with Crippen molar-refractivity contribution >= 4 is 11.7 Å². The molecule has 4 nitrogen and oxygen atoms in total. The van der Waals surface area contributed by atoms with Crippen LogP contribution in [0.3, 0.4) is 0 Å². The zero-order valence-electron chi connectivity index (χ0n) is 13.8. The SMILES string of the molecule is CCc1cc(C)cnc1N1CCN(C(=O)c2ccccc2)CC1. The number of benzene rings is 1. The van der Waals surface area contributed by atoms with Gasteiger partial charge in [0.2, 0.25) is 0 Å². The zero-order valence-corrected chi connectivity index (χ0v) is 13.8. The van der Waals surface area contributed by atoms with Crippen LogP contribution in [0.25, 0.3) is 0 Å². The molecule has 0 spiro atoms. The van der Waals surface area contributed by atoms with Crippen LogP contribution in [0.15, 0.2) is 42.6 Å². The molecule has 120 valence electrons. The smallest absolute Gasteiger partial charge is 0.253 e. The van der Waals surface area contributed by atoms with Crippen LogP contribution in [0.5, 0.6) is 0 Å². The van der Waals surface area contributed by atoms with Crippen LogP contribution in [0.4, 0.5) is 5.82 Å². The van der Waals surface area contributed by atoms with Gasteiger partial charge in [-0.3, -0.25) is 4.79 Å². The molecule has 0 saturated carbocycles. The summed E-state index contributed by atoms with van der Waals surface area (Å²) in [6, 6.07) is 11.7. The third-order valence-electron chi connectivity index (χ3n) is 4.35. The van der Waals surface area contributed by atoms with Crippen molar-refractivity contribution in [3.05, 3.63) is 59.3 Å². The second-order valence-electron chi connectivity index (χ2n) is 5.99. The Morgan fingerprint density at radius 3 is 2.48 bits per heavy atom. The van der Waals surface area contributed by atoms with Crippen molar-refractivity contribution in [2.45, 2.75) is 20.3 Å². The van der Waals surface area contributed by atoms with E-state index in [9.17, 15) is 4.79 Å². The normalized spacial score (nSPS) is 14.9. The molecule has 0 atom stereocenters. The highest BCUT2D eigenvalue weighted by Gasteiger charge is 2.23. The van der Waals surface area contributed by atoms with E-state index in [0.717, 1.165) is 44.0 Å². The Morgan fingerprint density at radius 2 is 1.83 bits per heavy atom. The van der Waals surface area contributed by atoms with Gasteiger partial charge in [0, 0.05) is 37.9 Å². The summed E-state index contributed by atoms with van der Waals surface area (Å²) in [6.45, 7) is 7.39. The predicted molar refractivity (Wildman–Crippen MR) is 92.9 cm³/mol. The summed E-state index contributed by atoms with van der Waals surface area (Å²) in [5, 5.41) is 0. The fourth-order valence-electron chi connectivity index (χ4n) is 3.05. The zero-order chi connectivity index (χ0) is 16.2. The van der Waals surface area contributed by atoms with Crippen molar-refractivity contribution in [2.75, 3.05) is 31.1 Å². The average molecular weight is 309 g/mol. The molecule has 1 amide bonds. The molecule has 2 aromatic rings. The Labute approximate surface area is 137 Å². The second kappa shape index (κ2) is 6.82. The topological polar surface area (TPSA) is 36.4 Å². The van der Waals surface area contributed by atoms with Gasteiger partial charge in [0.25, 0.3) is 5.91 Å². The molecule has 1 saturated heterocycles. The largest absolute Gasteiger partial charge is 0.353 e. The van der Waals surface area contributed by atoms with E-state index >= 15 is 0 Å². The van der Waals surface area contributed by atoms with Gasteiger partial charge >= 0.3 is 0 Å². The summed E-state index contributed by atoms with van der Waals surface area (Å²) >= 11 is 0. The fourth-order valence-corrected chi connectivity index (χ4v) is 3.05. The molecule has 4 heteroatoms. The number of rotatable bonds is 3. The number of aromatic nitrogens is 1. The molecule has 0 N–H and O–H groups in total. The first kappa shape index (κ1) is 15.5. The highest BCUT2D eigenvalue weighted by molar-refractivity contribution is 5.94. The van der Waals surface area contributed by atoms with Crippen LogP contribution < -0.4 is 4.90 Å². The van der Waals surface area contributed by atoms with Gasteiger partial charge < -0.3 is 9.80 Å². The lowest BCUT2D eigenvalue weighted by Crippen LogP contribution is -2.49. The lowest BCUT2D eigenvalue weighted by molar-refractivity contribution is 0.0746. The van der Waals surface area contributed by atoms with Gasteiger partial charge in [0.15, 0.2) is 0 Å². The number of carbonyl (C=O) groups is 1. The maximum atomic E-state index is 12.5. The van der Waals surface area contributed by atoms with Gasteiger partial charge in [-0.05, 0) is 36.6 Å². The Hall–Kier alpha value is -2.36. The number of aryl methyl sites for hydroxylation is 2. The van der Waals surface area contributed by atoms with Gasteiger partial charge in [-0.15, -0.1) is 0 Å². The first-order valence-corrected chi connectivity index (χ1v) is 8.24.